The Kier molecular flexibility index (Phi) is 10.5. The second kappa shape index (κ2) is 15.1. The summed E-state index contributed by atoms with van der Waals surface area (Å²) in [6.45, 7) is 6.86. The van der Waals surface area contributed by atoms with Crippen molar-refractivity contribution >= 4 is 35.4 Å². The molecule has 0 unspecified atom stereocenters. The van der Waals surface area contributed by atoms with Gasteiger partial charge in [-0.25, -0.2) is 9.97 Å². The number of para-hydroxylation sites is 2. The summed E-state index contributed by atoms with van der Waals surface area (Å²) in [5.74, 6) is 1.39. The molecule has 10 nitrogen and oxygen atoms in total. The van der Waals surface area contributed by atoms with Crippen LogP contribution in [0.3, 0.4) is 0 Å². The quantitative estimate of drug-likeness (QED) is 0.144. The average molecular weight is 606 g/mol. The number of nitrogen functional groups attached to an aromatic ring is 1. The molecule has 0 radical (unpaired) electrons. The van der Waals surface area contributed by atoms with Crippen LogP contribution >= 0.6 is 0 Å². The van der Waals surface area contributed by atoms with E-state index in [1.807, 2.05) is 97.7 Å². The fourth-order valence-electron chi connectivity index (χ4n) is 5.26. The van der Waals surface area contributed by atoms with Crippen LogP contribution in [0.15, 0.2) is 84.8 Å². The van der Waals surface area contributed by atoms with E-state index in [1.165, 1.54) is 6.33 Å². The predicted molar refractivity (Wildman–Crippen MR) is 179 cm³/mol. The van der Waals surface area contributed by atoms with Gasteiger partial charge < -0.3 is 25.4 Å². The van der Waals surface area contributed by atoms with Crippen molar-refractivity contribution in [3.63, 3.8) is 0 Å². The maximum absolute atomic E-state index is 12.1. The van der Waals surface area contributed by atoms with Crippen molar-refractivity contribution in [2.24, 2.45) is 0 Å². The van der Waals surface area contributed by atoms with E-state index in [1.54, 1.807) is 0 Å². The highest BCUT2D eigenvalue weighted by atomic mass is 16.5. The Bertz CT molecular complexity index is 1650. The number of nitrogens with zero attached hydrogens (tertiary/aromatic N) is 4. The molecule has 0 spiro atoms. The minimum atomic E-state index is 0.209. The van der Waals surface area contributed by atoms with Gasteiger partial charge in [0.2, 0.25) is 0 Å². The van der Waals surface area contributed by atoms with E-state index in [9.17, 15) is 4.79 Å². The van der Waals surface area contributed by atoms with E-state index in [4.69, 9.17) is 20.6 Å². The molecule has 0 saturated carbocycles. The molecule has 0 atom stereocenters. The zero-order valence-corrected chi connectivity index (χ0v) is 25.7. The van der Waals surface area contributed by atoms with Crippen molar-refractivity contribution in [2.75, 3.05) is 69.0 Å². The van der Waals surface area contributed by atoms with Gasteiger partial charge in [-0.15, -0.1) is 0 Å². The number of carbonyl (C=O) groups is 1. The number of hydrogen-bond acceptors (Lipinski definition) is 10. The van der Waals surface area contributed by atoms with Gasteiger partial charge in [0.25, 0.3) is 0 Å². The average Bonchev–Trinajstić information content (AvgIpc) is 3.07. The third-order valence-corrected chi connectivity index (χ3v) is 7.85. The van der Waals surface area contributed by atoms with E-state index < -0.39 is 0 Å². The molecule has 45 heavy (non-hydrogen) atoms. The molecule has 2 heterocycles. The number of nitrogens with one attached hydrogen (secondary N) is 2. The summed E-state index contributed by atoms with van der Waals surface area (Å²) >= 11 is 0. The van der Waals surface area contributed by atoms with Crippen molar-refractivity contribution in [3.05, 3.63) is 113 Å². The van der Waals surface area contributed by atoms with Crippen LogP contribution in [-0.2, 0) is 4.74 Å². The summed E-state index contributed by atoms with van der Waals surface area (Å²) in [5.41, 5.74) is 11.6. The zero-order chi connectivity index (χ0) is 31.6. The van der Waals surface area contributed by atoms with Crippen molar-refractivity contribution in [2.45, 2.75) is 6.92 Å². The first kappa shape index (κ1) is 31.4. The topological polar surface area (TPSA) is 130 Å². The Morgan fingerprint density at radius 1 is 1.07 bits per heavy atom. The maximum Gasteiger partial charge on any atom is 0.150 e. The molecule has 0 bridgehead atoms. The van der Waals surface area contributed by atoms with Crippen LogP contribution < -0.4 is 20.7 Å². The maximum atomic E-state index is 12.1. The first-order valence-corrected chi connectivity index (χ1v) is 15.0. The Labute approximate surface area is 264 Å². The number of aryl methyl sites for hydroxylation is 1. The minimum absolute atomic E-state index is 0.209. The number of aromatic nitrogens is 2. The van der Waals surface area contributed by atoms with Crippen molar-refractivity contribution in [1.29, 1.82) is 5.41 Å². The first-order chi connectivity index (χ1) is 22.0. The van der Waals surface area contributed by atoms with Gasteiger partial charge in [0.1, 0.15) is 30.3 Å². The van der Waals surface area contributed by atoms with Crippen LogP contribution in [0.4, 0.5) is 17.3 Å². The molecule has 3 aromatic carbocycles. The molecule has 1 aliphatic rings. The van der Waals surface area contributed by atoms with Crippen LogP contribution in [0.1, 0.15) is 32.6 Å². The predicted octanol–water partition coefficient (Wildman–Crippen LogP) is 4.90. The Morgan fingerprint density at radius 2 is 1.82 bits per heavy atom. The highest BCUT2D eigenvalue weighted by Gasteiger charge is 2.19. The number of rotatable bonds is 13. The molecular formula is C35H39N7O3. The number of aldehydes is 1. The SMILES string of the molecule is Cc1cccc(/C=C(/CNc2ncnc(N)c2C(=N)c2ccccc2)N(C)c2ccccc2OCCN2CCOCC2)c1C=O. The van der Waals surface area contributed by atoms with E-state index >= 15 is 0 Å². The van der Waals surface area contributed by atoms with Crippen LogP contribution in [0.25, 0.3) is 6.08 Å². The van der Waals surface area contributed by atoms with Gasteiger partial charge in [-0.1, -0.05) is 60.7 Å². The number of likely N-dealkylation sites (N-methyl/N-ethyl adjacent to an activating group) is 1. The summed E-state index contributed by atoms with van der Waals surface area (Å²) in [7, 11) is 1.97. The fraction of sp³-hybridized carbons (Fsp3) is 0.257. The third-order valence-electron chi connectivity index (χ3n) is 7.85. The fourth-order valence-corrected chi connectivity index (χ4v) is 5.26. The lowest BCUT2D eigenvalue weighted by molar-refractivity contribution is 0.0323. The summed E-state index contributed by atoms with van der Waals surface area (Å²) < 4.78 is 11.8. The van der Waals surface area contributed by atoms with Crippen LogP contribution in [0.5, 0.6) is 5.75 Å². The Hall–Kier alpha value is -5.06. The van der Waals surface area contributed by atoms with E-state index in [0.29, 0.717) is 35.7 Å². The van der Waals surface area contributed by atoms with Crippen LogP contribution in [-0.4, -0.2) is 79.9 Å². The van der Waals surface area contributed by atoms with Crippen molar-refractivity contribution < 1.29 is 14.3 Å². The molecule has 10 heteroatoms. The summed E-state index contributed by atoms with van der Waals surface area (Å²) in [6.07, 6.45) is 4.26. The van der Waals surface area contributed by atoms with E-state index in [-0.39, 0.29) is 11.5 Å². The summed E-state index contributed by atoms with van der Waals surface area (Å²) in [6, 6.07) is 23.0. The standard InChI is InChI=1S/C35H39N7O3/c1-25-9-8-12-27(29(25)23-43)21-28(22-38-35-32(34(37)39-24-40-35)33(36)26-10-4-3-5-11-26)41(2)30-13-6-7-14-31(30)45-20-17-42-15-18-44-19-16-42/h3-14,21,23-24,36H,15-20,22H2,1-2H3,(H3,37,38,39,40)/b28-21-,36-33?. The number of nitrogens with two attached hydrogens (primary N) is 1. The number of morpholine rings is 1. The van der Waals surface area contributed by atoms with Gasteiger partial charge in [-0.2, -0.15) is 0 Å². The van der Waals surface area contributed by atoms with Crippen molar-refractivity contribution in [3.8, 4) is 5.75 Å². The molecule has 1 fully saturated rings. The van der Waals surface area contributed by atoms with Crippen LogP contribution in [0.2, 0.25) is 0 Å². The Morgan fingerprint density at radius 3 is 2.60 bits per heavy atom. The molecule has 1 aromatic heterocycles. The lowest BCUT2D eigenvalue weighted by Gasteiger charge is -2.28. The van der Waals surface area contributed by atoms with Gasteiger partial charge in [0.05, 0.1) is 36.7 Å². The number of ether oxygens (including phenoxy) is 2. The summed E-state index contributed by atoms with van der Waals surface area (Å²) in [5, 5.41) is 12.3. The number of benzene rings is 3. The largest absolute Gasteiger partial charge is 0.490 e. The number of anilines is 3. The number of hydrogen-bond donors (Lipinski definition) is 3. The second-order valence-corrected chi connectivity index (χ2v) is 10.7. The molecule has 232 valence electrons. The first-order valence-electron chi connectivity index (χ1n) is 15.0. The second-order valence-electron chi connectivity index (χ2n) is 10.7. The highest BCUT2D eigenvalue weighted by molar-refractivity contribution is 6.16. The third kappa shape index (κ3) is 7.72. The lowest BCUT2D eigenvalue weighted by atomic mass is 10.0. The highest BCUT2D eigenvalue weighted by Crippen LogP contribution is 2.31. The molecule has 4 aromatic rings. The van der Waals surface area contributed by atoms with E-state index in [0.717, 1.165) is 67.4 Å². The van der Waals surface area contributed by atoms with Crippen LogP contribution in [0, 0.1) is 12.3 Å². The summed E-state index contributed by atoms with van der Waals surface area (Å²) in [4.78, 5) is 25.1. The normalized spacial score (nSPS) is 13.7. The van der Waals surface area contributed by atoms with Gasteiger partial charge in [-0.3, -0.25) is 15.1 Å². The van der Waals surface area contributed by atoms with Gasteiger partial charge in [0.15, 0.2) is 6.29 Å². The van der Waals surface area contributed by atoms with Crippen molar-refractivity contribution in [1.82, 2.24) is 14.9 Å². The molecule has 4 N–H and O–H groups in total. The van der Waals surface area contributed by atoms with Gasteiger partial charge in [-0.05, 0) is 36.3 Å². The number of carbonyl (C=O) groups excluding carboxylic acids is 1. The minimum Gasteiger partial charge on any atom is -0.490 e. The molecule has 5 rings (SSSR count). The zero-order valence-electron chi connectivity index (χ0n) is 25.7. The molecule has 0 aliphatic carbocycles. The molecule has 0 amide bonds. The molecular weight excluding hydrogens is 566 g/mol. The van der Waals surface area contributed by atoms with Gasteiger partial charge in [0, 0.05) is 43.5 Å². The van der Waals surface area contributed by atoms with E-state index in [2.05, 4.69) is 20.2 Å². The monoisotopic (exact) mass is 605 g/mol. The molecule has 1 aliphatic heterocycles. The van der Waals surface area contributed by atoms with Gasteiger partial charge >= 0.3 is 0 Å². The Balaban J connectivity index is 1.46. The molecule has 1 saturated heterocycles. The lowest BCUT2D eigenvalue weighted by Crippen LogP contribution is -2.38. The smallest absolute Gasteiger partial charge is 0.150 e.